The van der Waals surface area contributed by atoms with Crippen LogP contribution in [0.5, 0.6) is 0 Å². The highest BCUT2D eigenvalue weighted by Gasteiger charge is 2.32. The molecule has 114 valence electrons. The molecule has 1 aromatic carbocycles. The van der Waals surface area contributed by atoms with E-state index in [1.165, 1.54) is 0 Å². The largest absolute Gasteiger partial charge is 0.366 e. The Morgan fingerprint density at radius 3 is 2.73 bits per heavy atom. The number of primary amides is 1. The number of rotatable bonds is 5. The quantitative estimate of drug-likeness (QED) is 0.890. The Kier molecular flexibility index (Phi) is 4.11. The molecule has 5 nitrogen and oxygen atoms in total. The Hall–Kier alpha value is -2.34. The summed E-state index contributed by atoms with van der Waals surface area (Å²) < 4.78 is 0. The van der Waals surface area contributed by atoms with E-state index in [-0.39, 0.29) is 6.03 Å². The lowest BCUT2D eigenvalue weighted by molar-refractivity contribution is 0.1000. The van der Waals surface area contributed by atoms with Crippen molar-refractivity contribution in [1.29, 1.82) is 0 Å². The van der Waals surface area contributed by atoms with E-state index >= 15 is 0 Å². The summed E-state index contributed by atoms with van der Waals surface area (Å²) in [5, 5.41) is 4.86. The van der Waals surface area contributed by atoms with Gasteiger partial charge in [-0.25, -0.2) is 4.79 Å². The van der Waals surface area contributed by atoms with Gasteiger partial charge in [-0.3, -0.25) is 4.79 Å². The standard InChI is InChI=1S/C16H17N3O2S/c17-15(20)11-3-1-4-12(9-11)18-16(21)19(13-6-7-13)10-14-5-2-8-22-14/h1-5,8-9,13H,6-7,10H2,(H2,17,20)(H,18,21). The second kappa shape index (κ2) is 6.19. The van der Waals surface area contributed by atoms with Crippen LogP contribution < -0.4 is 11.1 Å². The Bertz CT molecular complexity index is 680. The Balaban J connectivity index is 1.71. The molecule has 1 saturated carbocycles. The van der Waals surface area contributed by atoms with Crippen molar-refractivity contribution in [2.75, 3.05) is 5.32 Å². The van der Waals surface area contributed by atoms with Crippen LogP contribution >= 0.6 is 11.3 Å². The van der Waals surface area contributed by atoms with Gasteiger partial charge in [-0.2, -0.15) is 0 Å². The molecule has 2 aromatic rings. The van der Waals surface area contributed by atoms with Gasteiger partial charge in [0.05, 0.1) is 6.54 Å². The Labute approximate surface area is 132 Å². The van der Waals surface area contributed by atoms with Gasteiger partial charge in [0.25, 0.3) is 0 Å². The predicted molar refractivity (Wildman–Crippen MR) is 86.9 cm³/mol. The third-order valence-electron chi connectivity index (χ3n) is 3.55. The molecule has 1 fully saturated rings. The maximum absolute atomic E-state index is 12.5. The fraction of sp³-hybridized carbons (Fsp3) is 0.250. The van der Waals surface area contributed by atoms with E-state index in [1.807, 2.05) is 22.4 Å². The molecular formula is C16H17N3O2S. The molecule has 0 saturated heterocycles. The topological polar surface area (TPSA) is 75.4 Å². The van der Waals surface area contributed by atoms with Crippen LogP contribution in [-0.2, 0) is 6.54 Å². The lowest BCUT2D eigenvalue weighted by Crippen LogP contribution is -2.36. The van der Waals surface area contributed by atoms with Gasteiger partial charge in [0, 0.05) is 22.2 Å². The first-order valence-electron chi connectivity index (χ1n) is 7.13. The number of nitrogens with two attached hydrogens (primary N) is 1. The van der Waals surface area contributed by atoms with Gasteiger partial charge in [-0.05, 0) is 42.5 Å². The zero-order valence-electron chi connectivity index (χ0n) is 12.0. The number of anilines is 1. The monoisotopic (exact) mass is 315 g/mol. The van der Waals surface area contributed by atoms with Crippen molar-refractivity contribution in [2.24, 2.45) is 5.73 Å². The first-order valence-corrected chi connectivity index (χ1v) is 8.01. The average molecular weight is 315 g/mol. The summed E-state index contributed by atoms with van der Waals surface area (Å²) in [6, 6.07) is 10.9. The van der Waals surface area contributed by atoms with Gasteiger partial charge in [-0.1, -0.05) is 12.1 Å². The van der Waals surface area contributed by atoms with Crippen molar-refractivity contribution < 1.29 is 9.59 Å². The number of carbonyl (C=O) groups excluding carboxylic acids is 2. The van der Waals surface area contributed by atoms with Crippen LogP contribution in [-0.4, -0.2) is 22.9 Å². The predicted octanol–water partition coefficient (Wildman–Crippen LogP) is 3.04. The second-order valence-corrected chi connectivity index (χ2v) is 6.35. The van der Waals surface area contributed by atoms with Crippen molar-refractivity contribution in [3.05, 3.63) is 52.2 Å². The van der Waals surface area contributed by atoms with Crippen molar-refractivity contribution in [3.63, 3.8) is 0 Å². The fourth-order valence-electron chi connectivity index (χ4n) is 2.27. The van der Waals surface area contributed by atoms with Crippen molar-refractivity contribution in [3.8, 4) is 0 Å². The number of hydrogen-bond donors (Lipinski definition) is 2. The highest BCUT2D eigenvalue weighted by molar-refractivity contribution is 7.09. The van der Waals surface area contributed by atoms with E-state index in [2.05, 4.69) is 5.32 Å². The lowest BCUT2D eigenvalue weighted by Gasteiger charge is -2.22. The van der Waals surface area contributed by atoms with E-state index in [0.717, 1.165) is 17.7 Å². The van der Waals surface area contributed by atoms with Crippen LogP contribution in [0.3, 0.4) is 0 Å². The van der Waals surface area contributed by atoms with Crippen LogP contribution in [0, 0.1) is 0 Å². The summed E-state index contributed by atoms with van der Waals surface area (Å²) in [7, 11) is 0. The van der Waals surface area contributed by atoms with E-state index in [1.54, 1.807) is 35.6 Å². The smallest absolute Gasteiger partial charge is 0.322 e. The van der Waals surface area contributed by atoms with E-state index < -0.39 is 5.91 Å². The highest BCUT2D eigenvalue weighted by atomic mass is 32.1. The molecule has 0 spiro atoms. The average Bonchev–Trinajstić information content (AvgIpc) is 3.21. The van der Waals surface area contributed by atoms with E-state index in [9.17, 15) is 9.59 Å². The number of benzene rings is 1. The molecule has 6 heteroatoms. The van der Waals surface area contributed by atoms with Crippen molar-refractivity contribution in [1.82, 2.24) is 4.90 Å². The van der Waals surface area contributed by atoms with E-state index in [4.69, 9.17) is 5.73 Å². The molecule has 0 radical (unpaired) electrons. The van der Waals surface area contributed by atoms with Crippen LogP contribution in [0.2, 0.25) is 0 Å². The van der Waals surface area contributed by atoms with Gasteiger partial charge in [0.15, 0.2) is 0 Å². The molecule has 1 aliphatic carbocycles. The van der Waals surface area contributed by atoms with Gasteiger partial charge in [0.2, 0.25) is 5.91 Å². The fourth-order valence-corrected chi connectivity index (χ4v) is 2.97. The first-order chi connectivity index (χ1) is 10.6. The summed E-state index contributed by atoms with van der Waals surface area (Å²) in [6.07, 6.45) is 2.08. The summed E-state index contributed by atoms with van der Waals surface area (Å²) in [4.78, 5) is 26.7. The number of thiophene rings is 1. The summed E-state index contributed by atoms with van der Waals surface area (Å²) >= 11 is 1.64. The second-order valence-electron chi connectivity index (χ2n) is 5.31. The molecule has 0 bridgehead atoms. The Morgan fingerprint density at radius 2 is 2.09 bits per heavy atom. The molecule has 0 atom stereocenters. The van der Waals surface area contributed by atoms with E-state index in [0.29, 0.717) is 23.8 Å². The normalized spacial score (nSPS) is 13.6. The molecule has 0 unspecified atom stereocenters. The summed E-state index contributed by atoms with van der Waals surface area (Å²) in [5.74, 6) is -0.506. The summed E-state index contributed by atoms with van der Waals surface area (Å²) in [5.41, 5.74) is 6.23. The minimum atomic E-state index is -0.506. The highest BCUT2D eigenvalue weighted by Crippen LogP contribution is 2.29. The first kappa shape index (κ1) is 14.6. The molecule has 3 rings (SSSR count). The number of nitrogens with zero attached hydrogens (tertiary/aromatic N) is 1. The molecule has 22 heavy (non-hydrogen) atoms. The molecule has 1 aliphatic rings. The van der Waals surface area contributed by atoms with Gasteiger partial charge >= 0.3 is 6.03 Å². The molecule has 3 amide bonds. The Morgan fingerprint density at radius 1 is 1.27 bits per heavy atom. The molecular weight excluding hydrogens is 298 g/mol. The number of urea groups is 1. The minimum Gasteiger partial charge on any atom is -0.366 e. The van der Waals surface area contributed by atoms with Crippen LogP contribution in [0.4, 0.5) is 10.5 Å². The third kappa shape index (κ3) is 3.46. The van der Waals surface area contributed by atoms with Crippen LogP contribution in [0.15, 0.2) is 41.8 Å². The molecule has 1 heterocycles. The van der Waals surface area contributed by atoms with Gasteiger partial charge in [-0.15, -0.1) is 11.3 Å². The number of hydrogen-bond acceptors (Lipinski definition) is 3. The van der Waals surface area contributed by atoms with Crippen LogP contribution in [0.25, 0.3) is 0 Å². The number of nitrogens with one attached hydrogen (secondary N) is 1. The number of carbonyl (C=O) groups is 2. The lowest BCUT2D eigenvalue weighted by atomic mass is 10.2. The third-order valence-corrected chi connectivity index (χ3v) is 4.41. The molecule has 1 aromatic heterocycles. The van der Waals surface area contributed by atoms with Crippen LogP contribution in [0.1, 0.15) is 28.1 Å². The van der Waals surface area contributed by atoms with Gasteiger partial charge < -0.3 is 16.0 Å². The molecule has 0 aliphatic heterocycles. The van der Waals surface area contributed by atoms with Crippen molar-refractivity contribution in [2.45, 2.75) is 25.4 Å². The minimum absolute atomic E-state index is 0.141. The number of amides is 3. The summed E-state index contributed by atoms with van der Waals surface area (Å²) in [6.45, 7) is 0.615. The van der Waals surface area contributed by atoms with Gasteiger partial charge in [0.1, 0.15) is 0 Å². The zero-order chi connectivity index (χ0) is 15.5. The maximum atomic E-state index is 12.5. The molecule has 3 N–H and O–H groups in total. The van der Waals surface area contributed by atoms with Crippen molar-refractivity contribution >= 4 is 29.0 Å². The zero-order valence-corrected chi connectivity index (χ0v) is 12.8. The SMILES string of the molecule is NC(=O)c1cccc(NC(=O)N(Cc2cccs2)C2CC2)c1. The maximum Gasteiger partial charge on any atom is 0.322 e.